The third-order valence-corrected chi connectivity index (χ3v) is 6.50. The van der Waals surface area contributed by atoms with E-state index in [1.165, 1.54) is 11.3 Å². The molecule has 0 aliphatic carbocycles. The second kappa shape index (κ2) is 10.7. The van der Waals surface area contributed by atoms with Crippen LogP contribution in [0.15, 0.2) is 59.7 Å². The standard InChI is InChI=1S/C18H17N3O2S.C4H7Cl.C2H6/c1-3-12(2)18-14-11-19-7-6-13(14)16(22)20(18)8-9-21(18)17(23)15-5-4-10-24-15;1-3-4(2)5;1-2/h3-7,10-12H,1,8-9H2,2H3;3H,1-2H3;1-2H3/b;4-3+;. The molecule has 0 spiro atoms. The Bertz CT molecular complexity index is 953. The van der Waals surface area contributed by atoms with E-state index in [-0.39, 0.29) is 17.7 Å². The Balaban J connectivity index is 0.000000432. The SMILES string of the molecule is C/C=C(\C)Cl.C=CC(C)C12c3cnccc3C(=O)N1CCN2C(=O)c1cccs1.CC. The van der Waals surface area contributed by atoms with E-state index >= 15 is 0 Å². The monoisotopic (exact) mass is 459 g/mol. The van der Waals surface area contributed by atoms with Gasteiger partial charge >= 0.3 is 0 Å². The number of nitrogens with zero attached hydrogens (tertiary/aromatic N) is 3. The molecule has 0 bridgehead atoms. The van der Waals surface area contributed by atoms with Gasteiger partial charge in [0.1, 0.15) is 0 Å². The number of carbonyl (C=O) groups is 2. The van der Waals surface area contributed by atoms with Crippen molar-refractivity contribution in [3.05, 3.63) is 75.7 Å². The van der Waals surface area contributed by atoms with Crippen LogP contribution < -0.4 is 0 Å². The zero-order valence-corrected chi connectivity index (χ0v) is 20.3. The minimum atomic E-state index is -0.830. The molecule has 0 aromatic carbocycles. The van der Waals surface area contributed by atoms with E-state index in [2.05, 4.69) is 11.6 Å². The van der Waals surface area contributed by atoms with Crippen LogP contribution >= 0.6 is 22.9 Å². The number of amides is 2. The second-order valence-electron chi connectivity index (χ2n) is 6.94. The smallest absolute Gasteiger partial charge is 0.266 e. The largest absolute Gasteiger partial charge is 0.309 e. The van der Waals surface area contributed by atoms with Gasteiger partial charge in [0.05, 0.1) is 10.4 Å². The predicted molar refractivity (Wildman–Crippen MR) is 128 cm³/mol. The summed E-state index contributed by atoms with van der Waals surface area (Å²) in [7, 11) is 0. The first kappa shape index (κ1) is 24.8. The number of halogens is 1. The fourth-order valence-electron chi connectivity index (χ4n) is 3.94. The third kappa shape index (κ3) is 4.32. The van der Waals surface area contributed by atoms with Crippen molar-refractivity contribution in [3.63, 3.8) is 0 Å². The number of thiophene rings is 1. The third-order valence-electron chi connectivity index (χ3n) is 5.43. The minimum absolute atomic E-state index is 0.0393. The zero-order chi connectivity index (χ0) is 23.2. The lowest BCUT2D eigenvalue weighted by molar-refractivity contribution is 0.00282. The number of pyridine rings is 1. The van der Waals surface area contributed by atoms with Crippen LogP contribution in [0.3, 0.4) is 0 Å². The van der Waals surface area contributed by atoms with E-state index in [1.54, 1.807) is 23.4 Å². The van der Waals surface area contributed by atoms with Crippen molar-refractivity contribution < 1.29 is 9.59 Å². The molecule has 1 saturated heterocycles. The average Bonchev–Trinajstić information content (AvgIpc) is 3.52. The zero-order valence-electron chi connectivity index (χ0n) is 18.8. The summed E-state index contributed by atoms with van der Waals surface area (Å²) in [5.74, 6) is -0.202. The molecule has 2 amide bonds. The molecule has 5 nitrogen and oxygen atoms in total. The van der Waals surface area contributed by atoms with Gasteiger partial charge in [0, 0.05) is 42.0 Å². The fraction of sp³-hybridized carbons (Fsp3) is 0.375. The molecule has 0 N–H and O–H groups in total. The van der Waals surface area contributed by atoms with E-state index in [1.807, 2.05) is 69.2 Å². The first-order chi connectivity index (χ1) is 14.9. The Labute approximate surface area is 194 Å². The summed E-state index contributed by atoms with van der Waals surface area (Å²) < 4.78 is 0. The molecule has 0 saturated carbocycles. The molecule has 2 aromatic heterocycles. The number of carbonyl (C=O) groups excluding carboxylic acids is 2. The Kier molecular flexibility index (Phi) is 8.60. The van der Waals surface area contributed by atoms with Gasteiger partial charge in [0.2, 0.25) is 0 Å². The van der Waals surface area contributed by atoms with E-state index in [0.717, 1.165) is 10.6 Å². The summed E-state index contributed by atoms with van der Waals surface area (Å²) in [6, 6.07) is 5.43. The van der Waals surface area contributed by atoms with Crippen LogP contribution in [-0.4, -0.2) is 39.7 Å². The fourth-order valence-corrected chi connectivity index (χ4v) is 4.62. The van der Waals surface area contributed by atoms with Crippen molar-refractivity contribution in [2.24, 2.45) is 5.92 Å². The molecular weight excluding hydrogens is 430 g/mol. The normalized spacial score (nSPS) is 20.1. The minimum Gasteiger partial charge on any atom is -0.309 e. The lowest BCUT2D eigenvalue weighted by Gasteiger charge is -2.43. The number of hydrogen-bond acceptors (Lipinski definition) is 4. The topological polar surface area (TPSA) is 53.5 Å². The molecule has 2 atom stereocenters. The maximum absolute atomic E-state index is 13.1. The highest BCUT2D eigenvalue weighted by Crippen LogP contribution is 2.50. The lowest BCUT2D eigenvalue weighted by atomic mass is 9.86. The molecule has 0 radical (unpaired) electrons. The van der Waals surface area contributed by atoms with Gasteiger partial charge in [0.25, 0.3) is 11.8 Å². The molecule has 2 unspecified atom stereocenters. The summed E-state index contributed by atoms with van der Waals surface area (Å²) in [5.41, 5.74) is 0.593. The van der Waals surface area contributed by atoms with Crippen LogP contribution in [0.25, 0.3) is 0 Å². The van der Waals surface area contributed by atoms with Crippen LogP contribution in [-0.2, 0) is 5.66 Å². The van der Waals surface area contributed by atoms with Crippen molar-refractivity contribution in [3.8, 4) is 0 Å². The van der Waals surface area contributed by atoms with Gasteiger partial charge in [-0.25, -0.2) is 0 Å². The maximum Gasteiger partial charge on any atom is 0.266 e. The van der Waals surface area contributed by atoms with Gasteiger partial charge in [-0.3, -0.25) is 14.6 Å². The number of allylic oxidation sites excluding steroid dienone is 2. The average molecular weight is 460 g/mol. The van der Waals surface area contributed by atoms with Crippen LogP contribution in [0.5, 0.6) is 0 Å². The van der Waals surface area contributed by atoms with Gasteiger partial charge in [-0.15, -0.1) is 17.9 Å². The molecule has 7 heteroatoms. The summed E-state index contributed by atoms with van der Waals surface area (Å²) in [6.45, 7) is 14.7. The van der Waals surface area contributed by atoms with Gasteiger partial charge in [0.15, 0.2) is 5.66 Å². The number of fused-ring (bicyclic) bond motifs is 3. The Hall–Kier alpha value is -2.44. The maximum atomic E-state index is 13.1. The van der Waals surface area contributed by atoms with Crippen LogP contribution in [0.4, 0.5) is 0 Å². The van der Waals surface area contributed by atoms with E-state index in [0.29, 0.717) is 23.5 Å². The molecule has 1 fully saturated rings. The Morgan fingerprint density at radius 2 is 2.03 bits per heavy atom. The molecule has 4 rings (SSSR count). The summed E-state index contributed by atoms with van der Waals surface area (Å²) in [6.07, 6.45) is 6.99. The first-order valence-corrected chi connectivity index (χ1v) is 11.7. The molecule has 2 aliphatic rings. The molecule has 2 aliphatic heterocycles. The van der Waals surface area contributed by atoms with Gasteiger partial charge < -0.3 is 9.80 Å². The van der Waals surface area contributed by atoms with E-state index in [9.17, 15) is 9.59 Å². The summed E-state index contributed by atoms with van der Waals surface area (Å²) in [5, 5.41) is 2.74. The molecular formula is C24H30ClN3O2S. The first-order valence-electron chi connectivity index (χ1n) is 10.4. The summed E-state index contributed by atoms with van der Waals surface area (Å²) >= 11 is 6.74. The number of aromatic nitrogens is 1. The van der Waals surface area contributed by atoms with Crippen molar-refractivity contribution in [1.82, 2.24) is 14.8 Å². The van der Waals surface area contributed by atoms with Crippen molar-refractivity contribution >= 4 is 34.8 Å². The van der Waals surface area contributed by atoms with E-state index < -0.39 is 5.66 Å². The highest BCUT2D eigenvalue weighted by molar-refractivity contribution is 7.12. The van der Waals surface area contributed by atoms with Gasteiger partial charge in [-0.05, 0) is 31.4 Å². The summed E-state index contributed by atoms with van der Waals surface area (Å²) in [4.78, 5) is 34.5. The Morgan fingerprint density at radius 1 is 1.35 bits per heavy atom. The molecule has 2 aromatic rings. The predicted octanol–water partition coefficient (Wildman–Crippen LogP) is 5.90. The number of hydrogen-bond donors (Lipinski definition) is 0. The van der Waals surface area contributed by atoms with Gasteiger partial charge in [-0.2, -0.15) is 0 Å². The molecule has 4 heterocycles. The highest BCUT2D eigenvalue weighted by atomic mass is 35.5. The van der Waals surface area contributed by atoms with Crippen LogP contribution in [0.2, 0.25) is 0 Å². The van der Waals surface area contributed by atoms with Crippen molar-refractivity contribution in [2.45, 2.75) is 40.3 Å². The second-order valence-corrected chi connectivity index (χ2v) is 8.48. The van der Waals surface area contributed by atoms with Crippen molar-refractivity contribution in [1.29, 1.82) is 0 Å². The molecule has 166 valence electrons. The van der Waals surface area contributed by atoms with Crippen LogP contribution in [0.1, 0.15) is 60.2 Å². The quantitative estimate of drug-likeness (QED) is 0.536. The van der Waals surface area contributed by atoms with Gasteiger partial charge in [-0.1, -0.05) is 50.6 Å². The highest BCUT2D eigenvalue weighted by Gasteiger charge is 2.60. The lowest BCUT2D eigenvalue weighted by Crippen LogP contribution is -2.54. The molecule has 31 heavy (non-hydrogen) atoms. The van der Waals surface area contributed by atoms with Crippen LogP contribution in [0, 0.1) is 5.92 Å². The Morgan fingerprint density at radius 3 is 2.58 bits per heavy atom. The number of rotatable bonds is 3. The van der Waals surface area contributed by atoms with Crippen molar-refractivity contribution in [2.75, 3.05) is 13.1 Å². The van der Waals surface area contributed by atoms with E-state index in [4.69, 9.17) is 11.6 Å².